The highest BCUT2D eigenvalue weighted by atomic mass is 16.7. The zero-order chi connectivity index (χ0) is 13.8. The van der Waals surface area contributed by atoms with Crippen LogP contribution >= 0.6 is 0 Å². The minimum Gasteiger partial charge on any atom is -0.494 e. The first kappa shape index (κ1) is 16.0. The van der Waals surface area contributed by atoms with Crippen LogP contribution in [0, 0.1) is 0 Å². The predicted molar refractivity (Wildman–Crippen MR) is 77.4 cm³/mol. The summed E-state index contributed by atoms with van der Waals surface area (Å²) in [6.07, 6.45) is 6.91. The molecule has 0 heterocycles. The average Bonchev–Trinajstić information content (AvgIpc) is 2.47. The predicted octanol–water partition coefficient (Wildman–Crippen LogP) is 4.02. The average molecular weight is 266 g/mol. The molecule has 0 amide bonds. The largest absolute Gasteiger partial charge is 0.494 e. The lowest BCUT2D eigenvalue weighted by Crippen LogP contribution is -2.12. The maximum Gasteiger partial charge on any atom is 0.156 e. The number of methoxy groups -OCH3 is 2. The van der Waals surface area contributed by atoms with Crippen molar-refractivity contribution in [3.63, 3.8) is 0 Å². The topological polar surface area (TPSA) is 27.7 Å². The Morgan fingerprint density at radius 3 is 2.16 bits per heavy atom. The molecule has 19 heavy (non-hydrogen) atoms. The van der Waals surface area contributed by atoms with Gasteiger partial charge in [-0.25, -0.2) is 0 Å². The molecular weight excluding hydrogens is 240 g/mol. The molecule has 0 fully saturated rings. The van der Waals surface area contributed by atoms with Crippen LogP contribution < -0.4 is 4.74 Å². The third-order valence-electron chi connectivity index (χ3n) is 3.12. The van der Waals surface area contributed by atoms with E-state index in [4.69, 9.17) is 14.2 Å². The van der Waals surface area contributed by atoms with Gasteiger partial charge < -0.3 is 14.2 Å². The van der Waals surface area contributed by atoms with E-state index in [0.717, 1.165) is 31.6 Å². The van der Waals surface area contributed by atoms with Crippen LogP contribution in [0.2, 0.25) is 0 Å². The molecule has 0 saturated carbocycles. The number of rotatable bonds is 11. The van der Waals surface area contributed by atoms with E-state index in [9.17, 15) is 0 Å². The smallest absolute Gasteiger partial charge is 0.156 e. The van der Waals surface area contributed by atoms with Crippen LogP contribution in [0.1, 0.15) is 38.5 Å². The number of para-hydroxylation sites is 1. The summed E-state index contributed by atoms with van der Waals surface area (Å²) in [5.41, 5.74) is 0. The Bertz CT molecular complexity index is 296. The van der Waals surface area contributed by atoms with Crippen molar-refractivity contribution in [2.24, 2.45) is 0 Å². The normalized spacial score (nSPS) is 10.9. The van der Waals surface area contributed by atoms with Crippen LogP contribution in [0.25, 0.3) is 0 Å². The van der Waals surface area contributed by atoms with Crippen LogP contribution in [0.15, 0.2) is 30.3 Å². The highest BCUT2D eigenvalue weighted by Crippen LogP contribution is 2.11. The SMILES string of the molecule is COC(CCCCCCCOc1ccccc1)OC. The highest BCUT2D eigenvalue weighted by Gasteiger charge is 2.03. The molecule has 0 aliphatic heterocycles. The number of ether oxygens (including phenoxy) is 3. The fourth-order valence-electron chi connectivity index (χ4n) is 1.98. The van der Waals surface area contributed by atoms with Gasteiger partial charge in [-0.3, -0.25) is 0 Å². The van der Waals surface area contributed by atoms with Gasteiger partial charge in [0, 0.05) is 14.2 Å². The van der Waals surface area contributed by atoms with Crippen LogP contribution in [0.3, 0.4) is 0 Å². The van der Waals surface area contributed by atoms with E-state index in [2.05, 4.69) is 0 Å². The van der Waals surface area contributed by atoms with Crippen LogP contribution in [0.4, 0.5) is 0 Å². The van der Waals surface area contributed by atoms with E-state index >= 15 is 0 Å². The van der Waals surface area contributed by atoms with Gasteiger partial charge in [0.2, 0.25) is 0 Å². The monoisotopic (exact) mass is 266 g/mol. The van der Waals surface area contributed by atoms with Crippen molar-refractivity contribution in [1.29, 1.82) is 0 Å². The summed E-state index contributed by atoms with van der Waals surface area (Å²) in [6, 6.07) is 9.99. The maximum atomic E-state index is 5.65. The molecule has 0 radical (unpaired) electrons. The van der Waals surface area contributed by atoms with E-state index in [0.29, 0.717) is 0 Å². The molecule has 0 aliphatic rings. The molecule has 1 aromatic carbocycles. The van der Waals surface area contributed by atoms with Crippen LogP contribution in [-0.4, -0.2) is 27.1 Å². The molecule has 0 unspecified atom stereocenters. The summed E-state index contributed by atoms with van der Waals surface area (Å²) in [6.45, 7) is 0.808. The third-order valence-corrected chi connectivity index (χ3v) is 3.12. The van der Waals surface area contributed by atoms with Gasteiger partial charge in [0.15, 0.2) is 6.29 Å². The van der Waals surface area contributed by atoms with Gasteiger partial charge >= 0.3 is 0 Å². The van der Waals surface area contributed by atoms with Crippen LogP contribution in [0.5, 0.6) is 5.75 Å². The second-order valence-electron chi connectivity index (χ2n) is 4.62. The summed E-state index contributed by atoms with van der Waals surface area (Å²) in [7, 11) is 3.38. The van der Waals surface area contributed by atoms with Gasteiger partial charge in [0.05, 0.1) is 6.61 Å². The van der Waals surface area contributed by atoms with Crippen molar-refractivity contribution in [2.75, 3.05) is 20.8 Å². The summed E-state index contributed by atoms with van der Waals surface area (Å²) >= 11 is 0. The quantitative estimate of drug-likeness (QED) is 0.447. The molecule has 1 rings (SSSR count). The molecule has 0 spiro atoms. The lowest BCUT2D eigenvalue weighted by Gasteiger charge is -2.12. The van der Waals surface area contributed by atoms with Crippen molar-refractivity contribution in [3.8, 4) is 5.75 Å². The summed E-state index contributed by atoms with van der Waals surface area (Å²) in [5, 5.41) is 0. The van der Waals surface area contributed by atoms with Gasteiger partial charge in [-0.2, -0.15) is 0 Å². The maximum absolute atomic E-state index is 5.65. The second-order valence-corrected chi connectivity index (χ2v) is 4.62. The summed E-state index contributed by atoms with van der Waals surface area (Å²) < 4.78 is 15.9. The van der Waals surface area contributed by atoms with E-state index in [1.165, 1.54) is 19.3 Å². The Kier molecular flexibility index (Phi) is 9.11. The molecule has 3 nitrogen and oxygen atoms in total. The van der Waals surface area contributed by atoms with Gasteiger partial charge in [-0.05, 0) is 31.4 Å². The fourth-order valence-corrected chi connectivity index (χ4v) is 1.98. The lowest BCUT2D eigenvalue weighted by molar-refractivity contribution is -0.107. The lowest BCUT2D eigenvalue weighted by atomic mass is 10.1. The van der Waals surface area contributed by atoms with Gasteiger partial charge in [0.1, 0.15) is 5.75 Å². The number of unbranched alkanes of at least 4 members (excludes halogenated alkanes) is 4. The molecule has 0 aliphatic carbocycles. The Balaban J connectivity index is 1.89. The van der Waals surface area contributed by atoms with Gasteiger partial charge in [-0.1, -0.05) is 37.5 Å². The summed E-state index contributed by atoms with van der Waals surface area (Å²) in [4.78, 5) is 0. The van der Waals surface area contributed by atoms with Crippen molar-refractivity contribution >= 4 is 0 Å². The van der Waals surface area contributed by atoms with E-state index in [-0.39, 0.29) is 6.29 Å². The number of benzene rings is 1. The molecule has 1 aromatic rings. The van der Waals surface area contributed by atoms with Crippen molar-refractivity contribution in [3.05, 3.63) is 30.3 Å². The molecule has 0 aromatic heterocycles. The molecular formula is C16H26O3. The van der Waals surface area contributed by atoms with Gasteiger partial charge in [-0.15, -0.1) is 0 Å². The first-order valence-electron chi connectivity index (χ1n) is 7.10. The van der Waals surface area contributed by atoms with Crippen LogP contribution in [-0.2, 0) is 9.47 Å². The Morgan fingerprint density at radius 1 is 0.842 bits per heavy atom. The Labute approximate surface area is 116 Å². The Morgan fingerprint density at radius 2 is 1.47 bits per heavy atom. The van der Waals surface area contributed by atoms with Crippen molar-refractivity contribution in [2.45, 2.75) is 44.8 Å². The fraction of sp³-hybridized carbons (Fsp3) is 0.625. The van der Waals surface area contributed by atoms with E-state index in [1.807, 2.05) is 30.3 Å². The molecule has 0 bridgehead atoms. The van der Waals surface area contributed by atoms with Gasteiger partial charge in [0.25, 0.3) is 0 Å². The second kappa shape index (κ2) is 10.8. The third kappa shape index (κ3) is 7.85. The number of hydrogen-bond donors (Lipinski definition) is 0. The molecule has 108 valence electrons. The highest BCUT2D eigenvalue weighted by molar-refractivity contribution is 5.20. The number of hydrogen-bond acceptors (Lipinski definition) is 3. The van der Waals surface area contributed by atoms with E-state index in [1.54, 1.807) is 14.2 Å². The standard InChI is InChI=1S/C16H26O3/c1-17-16(18-2)13-9-4-3-5-10-14-19-15-11-7-6-8-12-15/h6-8,11-12,16H,3-5,9-10,13-14H2,1-2H3. The Hall–Kier alpha value is -1.06. The van der Waals surface area contributed by atoms with Crippen molar-refractivity contribution in [1.82, 2.24) is 0 Å². The first-order valence-corrected chi connectivity index (χ1v) is 7.10. The molecule has 0 saturated heterocycles. The zero-order valence-corrected chi connectivity index (χ0v) is 12.1. The zero-order valence-electron chi connectivity index (χ0n) is 12.1. The van der Waals surface area contributed by atoms with Crippen molar-refractivity contribution < 1.29 is 14.2 Å². The summed E-state index contributed by atoms with van der Waals surface area (Å²) in [5.74, 6) is 0.963. The molecule has 3 heteroatoms. The molecule has 0 atom stereocenters. The van der Waals surface area contributed by atoms with E-state index < -0.39 is 0 Å². The minimum absolute atomic E-state index is 0.0404. The molecule has 0 N–H and O–H groups in total. The first-order chi connectivity index (χ1) is 9.36. The minimum atomic E-state index is -0.0404.